The minimum atomic E-state index is -3.58. The van der Waals surface area contributed by atoms with Crippen LogP contribution in [0, 0.1) is 5.92 Å². The molecule has 0 bridgehead atoms. The number of carbonyl (C=O) groups excluding carboxylic acids is 1. The fourth-order valence-corrected chi connectivity index (χ4v) is 4.57. The van der Waals surface area contributed by atoms with Gasteiger partial charge in [-0.3, -0.25) is 14.4 Å². The minimum absolute atomic E-state index is 0.0689. The number of likely N-dealkylation sites (N-methyl/N-ethyl adjacent to an activating group) is 1. The predicted molar refractivity (Wildman–Crippen MR) is 129 cm³/mol. The molecule has 8 nitrogen and oxygen atoms in total. The fraction of sp³-hybridized carbons (Fsp3) is 0.458. The van der Waals surface area contributed by atoms with Gasteiger partial charge >= 0.3 is 0 Å². The highest BCUT2D eigenvalue weighted by Gasteiger charge is 2.34. The standard InChI is InChI=1S/C24H33N3O5S/c1-17-13-27(18(2)16-28)24(29)20-11-8-12-21(25-33(4,30)31)23(20)32-22(17)15-26(3)14-19-9-6-5-7-10-19/h5-12,17-18,22,25,28H,13-16H2,1-4H3/t17-,18-,22+/m1/s1. The van der Waals surface area contributed by atoms with Crippen LogP contribution in [0.25, 0.3) is 0 Å². The van der Waals surface area contributed by atoms with Gasteiger partial charge < -0.3 is 14.7 Å². The van der Waals surface area contributed by atoms with Crippen LogP contribution in [-0.4, -0.2) is 74.4 Å². The number of fused-ring (bicyclic) bond motifs is 1. The second kappa shape index (κ2) is 10.5. The average molecular weight is 476 g/mol. The van der Waals surface area contributed by atoms with Crippen molar-refractivity contribution in [2.24, 2.45) is 5.92 Å². The highest BCUT2D eigenvalue weighted by atomic mass is 32.2. The van der Waals surface area contributed by atoms with E-state index in [1.165, 1.54) is 5.56 Å². The third-order valence-corrected chi connectivity index (χ3v) is 6.36. The van der Waals surface area contributed by atoms with Crippen molar-refractivity contribution in [3.8, 4) is 5.75 Å². The first-order valence-electron chi connectivity index (χ1n) is 11.0. The number of rotatable bonds is 8. The summed E-state index contributed by atoms with van der Waals surface area (Å²) in [6.07, 6.45) is 0.742. The van der Waals surface area contributed by atoms with Gasteiger partial charge in [-0.15, -0.1) is 0 Å². The Hall–Kier alpha value is -2.62. The molecule has 0 saturated heterocycles. The van der Waals surface area contributed by atoms with Crippen LogP contribution < -0.4 is 9.46 Å². The summed E-state index contributed by atoms with van der Waals surface area (Å²) < 4.78 is 32.8. The number of para-hydroxylation sites is 1. The highest BCUT2D eigenvalue weighted by Crippen LogP contribution is 2.35. The van der Waals surface area contributed by atoms with E-state index in [2.05, 4.69) is 21.8 Å². The van der Waals surface area contributed by atoms with E-state index in [9.17, 15) is 18.3 Å². The van der Waals surface area contributed by atoms with Gasteiger partial charge in [0.1, 0.15) is 6.10 Å². The molecule has 9 heteroatoms. The van der Waals surface area contributed by atoms with Crippen molar-refractivity contribution < 1.29 is 23.1 Å². The van der Waals surface area contributed by atoms with E-state index >= 15 is 0 Å². The number of hydrogen-bond donors (Lipinski definition) is 2. The van der Waals surface area contributed by atoms with E-state index in [0.29, 0.717) is 13.1 Å². The average Bonchev–Trinajstić information content (AvgIpc) is 2.75. The second-order valence-electron chi connectivity index (χ2n) is 8.86. The summed E-state index contributed by atoms with van der Waals surface area (Å²) in [6.45, 7) is 5.32. The summed E-state index contributed by atoms with van der Waals surface area (Å²) in [4.78, 5) is 17.2. The summed E-state index contributed by atoms with van der Waals surface area (Å²) in [5, 5.41) is 9.76. The molecule has 2 aromatic carbocycles. The van der Waals surface area contributed by atoms with Gasteiger partial charge in [0.25, 0.3) is 5.91 Å². The maximum absolute atomic E-state index is 13.4. The Morgan fingerprint density at radius 3 is 2.55 bits per heavy atom. The molecule has 2 N–H and O–H groups in total. The molecule has 0 aliphatic carbocycles. The molecule has 1 heterocycles. The smallest absolute Gasteiger partial charge is 0.258 e. The van der Waals surface area contributed by atoms with Crippen LogP contribution in [0.5, 0.6) is 5.75 Å². The van der Waals surface area contributed by atoms with E-state index in [1.807, 2.05) is 32.2 Å². The molecule has 1 aliphatic rings. The Morgan fingerprint density at radius 2 is 1.91 bits per heavy atom. The van der Waals surface area contributed by atoms with Crippen molar-refractivity contribution in [3.05, 3.63) is 59.7 Å². The van der Waals surface area contributed by atoms with Gasteiger partial charge in [-0.25, -0.2) is 8.42 Å². The van der Waals surface area contributed by atoms with Gasteiger partial charge in [0.2, 0.25) is 10.0 Å². The summed E-state index contributed by atoms with van der Waals surface area (Å²) in [5.74, 6) is -0.153. The van der Waals surface area contributed by atoms with Crippen molar-refractivity contribution in [1.82, 2.24) is 9.80 Å². The topological polar surface area (TPSA) is 99.2 Å². The first kappa shape index (κ1) is 25.0. The number of anilines is 1. The van der Waals surface area contributed by atoms with Crippen molar-refractivity contribution >= 4 is 21.6 Å². The van der Waals surface area contributed by atoms with Crippen molar-refractivity contribution in [3.63, 3.8) is 0 Å². The number of carbonyl (C=O) groups is 1. The van der Waals surface area contributed by atoms with Crippen LogP contribution >= 0.6 is 0 Å². The second-order valence-corrected chi connectivity index (χ2v) is 10.6. The molecule has 0 spiro atoms. The molecule has 3 rings (SSSR count). The molecule has 0 aromatic heterocycles. The largest absolute Gasteiger partial charge is 0.486 e. The van der Waals surface area contributed by atoms with Gasteiger partial charge in [0, 0.05) is 25.6 Å². The number of hydrogen-bond acceptors (Lipinski definition) is 6. The molecular weight excluding hydrogens is 442 g/mol. The van der Waals surface area contributed by atoms with Gasteiger partial charge in [-0.2, -0.15) is 0 Å². The number of aliphatic hydroxyl groups is 1. The molecule has 1 aliphatic heterocycles. The normalized spacial score (nSPS) is 19.9. The van der Waals surface area contributed by atoms with Crippen LogP contribution in [0.1, 0.15) is 29.8 Å². The lowest BCUT2D eigenvalue weighted by Gasteiger charge is -2.38. The summed E-state index contributed by atoms with van der Waals surface area (Å²) in [6, 6.07) is 14.5. The Kier molecular flexibility index (Phi) is 7.99. The molecule has 2 aromatic rings. The fourth-order valence-electron chi connectivity index (χ4n) is 4.01. The van der Waals surface area contributed by atoms with Gasteiger partial charge in [-0.05, 0) is 31.7 Å². The predicted octanol–water partition coefficient (Wildman–Crippen LogP) is 2.41. The maximum atomic E-state index is 13.4. The van der Waals surface area contributed by atoms with Gasteiger partial charge in [-0.1, -0.05) is 43.3 Å². The Labute approximate surface area is 196 Å². The zero-order valence-corrected chi connectivity index (χ0v) is 20.4. The van der Waals surface area contributed by atoms with E-state index in [1.54, 1.807) is 30.0 Å². The lowest BCUT2D eigenvalue weighted by atomic mass is 9.99. The van der Waals surface area contributed by atoms with Crippen LogP contribution in [-0.2, 0) is 16.6 Å². The van der Waals surface area contributed by atoms with E-state index in [-0.39, 0.29) is 47.6 Å². The molecule has 3 atom stereocenters. The third kappa shape index (κ3) is 6.46. The number of benzene rings is 2. The lowest BCUT2D eigenvalue weighted by molar-refractivity contribution is 0.0344. The van der Waals surface area contributed by atoms with E-state index < -0.39 is 10.0 Å². The lowest BCUT2D eigenvalue weighted by Crippen LogP contribution is -2.49. The van der Waals surface area contributed by atoms with Crippen molar-refractivity contribution in [2.45, 2.75) is 32.5 Å². The quantitative estimate of drug-likeness (QED) is 0.608. The third-order valence-electron chi connectivity index (χ3n) is 5.77. The summed E-state index contributed by atoms with van der Waals surface area (Å²) in [7, 11) is -1.58. The number of ether oxygens (including phenoxy) is 1. The van der Waals surface area contributed by atoms with Gasteiger partial charge in [0.05, 0.1) is 30.2 Å². The number of nitrogens with one attached hydrogen (secondary N) is 1. The van der Waals surface area contributed by atoms with Crippen molar-refractivity contribution in [1.29, 1.82) is 0 Å². The number of aliphatic hydroxyl groups excluding tert-OH is 1. The molecule has 33 heavy (non-hydrogen) atoms. The van der Waals surface area contributed by atoms with E-state index in [4.69, 9.17) is 4.74 Å². The Bertz CT molecular complexity index is 1060. The Balaban J connectivity index is 1.98. The Morgan fingerprint density at radius 1 is 1.21 bits per heavy atom. The highest BCUT2D eigenvalue weighted by molar-refractivity contribution is 7.92. The first-order valence-corrected chi connectivity index (χ1v) is 12.9. The zero-order chi connectivity index (χ0) is 24.2. The number of amides is 1. The number of sulfonamides is 1. The monoisotopic (exact) mass is 475 g/mol. The van der Waals surface area contributed by atoms with Crippen LogP contribution in [0.15, 0.2) is 48.5 Å². The minimum Gasteiger partial charge on any atom is -0.486 e. The van der Waals surface area contributed by atoms with Crippen LogP contribution in [0.4, 0.5) is 5.69 Å². The molecule has 1 amide bonds. The maximum Gasteiger partial charge on any atom is 0.258 e. The van der Waals surface area contributed by atoms with Gasteiger partial charge in [0.15, 0.2) is 5.75 Å². The molecule has 0 fully saturated rings. The molecule has 180 valence electrons. The molecule has 0 radical (unpaired) electrons. The van der Waals surface area contributed by atoms with Crippen LogP contribution in [0.2, 0.25) is 0 Å². The zero-order valence-electron chi connectivity index (χ0n) is 19.6. The molecular formula is C24H33N3O5S. The van der Waals surface area contributed by atoms with E-state index in [0.717, 1.165) is 12.8 Å². The SMILES string of the molecule is C[C@@H]1CN([C@H](C)CO)C(=O)c2cccc(NS(C)(=O)=O)c2O[C@H]1CN(C)Cc1ccccc1. The van der Waals surface area contributed by atoms with Crippen LogP contribution in [0.3, 0.4) is 0 Å². The summed E-state index contributed by atoms with van der Waals surface area (Å²) >= 11 is 0. The molecule has 0 saturated carbocycles. The molecule has 0 unspecified atom stereocenters. The first-order chi connectivity index (χ1) is 15.6. The van der Waals surface area contributed by atoms with Crippen molar-refractivity contribution in [2.75, 3.05) is 37.7 Å². The number of nitrogens with zero attached hydrogens (tertiary/aromatic N) is 2. The summed E-state index contributed by atoms with van der Waals surface area (Å²) in [5.41, 5.74) is 1.67.